The molecule has 0 atom stereocenters. The molecule has 0 aliphatic carbocycles. The van der Waals surface area contributed by atoms with E-state index in [-0.39, 0.29) is 27.1 Å². The van der Waals surface area contributed by atoms with Crippen molar-refractivity contribution in [2.45, 2.75) is 4.34 Å². The molecule has 0 aliphatic rings. The fourth-order valence-corrected chi connectivity index (χ4v) is 4.53. The van der Waals surface area contributed by atoms with Gasteiger partial charge in [-0.1, -0.05) is 40.6 Å². The molecule has 10 nitrogen and oxygen atoms in total. The fourth-order valence-electron chi connectivity index (χ4n) is 2.09. The summed E-state index contributed by atoms with van der Waals surface area (Å²) in [4.78, 5) is 22.4. The number of nitrogens with one attached hydrogen (secondary N) is 2. The van der Waals surface area contributed by atoms with E-state index >= 15 is 0 Å². The molecule has 0 aliphatic heterocycles. The predicted molar refractivity (Wildman–Crippen MR) is 108 cm³/mol. The number of amides is 1. The molecule has 0 bridgehead atoms. The van der Waals surface area contributed by atoms with Crippen LogP contribution in [0.3, 0.4) is 0 Å². The van der Waals surface area contributed by atoms with Gasteiger partial charge >= 0.3 is 0 Å². The van der Waals surface area contributed by atoms with Crippen LogP contribution in [0.25, 0.3) is 0 Å². The zero-order chi connectivity index (χ0) is 21.2. The highest BCUT2D eigenvalue weighted by Gasteiger charge is 2.22. The van der Waals surface area contributed by atoms with Gasteiger partial charge in [-0.25, -0.2) is 0 Å². The Balaban J connectivity index is 1.77. The monoisotopic (exact) mass is 473 g/mol. The lowest BCUT2D eigenvalue weighted by Crippen LogP contribution is -2.12. The normalized spacial score (nSPS) is 11.1. The van der Waals surface area contributed by atoms with Crippen LogP contribution in [0.15, 0.2) is 46.8 Å². The van der Waals surface area contributed by atoms with Gasteiger partial charge in [0, 0.05) is 17.2 Å². The lowest BCUT2D eigenvalue weighted by Gasteiger charge is -2.05. The minimum Gasteiger partial charge on any atom is -0.296 e. The predicted octanol–water partition coefficient (Wildman–Crippen LogP) is 3.81. The van der Waals surface area contributed by atoms with E-state index < -0.39 is 25.2 Å². The molecule has 0 saturated heterocycles. The largest absolute Gasteiger partial charge is 0.296 e. The Morgan fingerprint density at radius 2 is 1.90 bits per heavy atom. The molecule has 0 unspecified atom stereocenters. The number of nitrogens with zero attached hydrogens (tertiary/aromatic N) is 3. The van der Waals surface area contributed by atoms with Crippen molar-refractivity contribution in [1.29, 1.82) is 0 Å². The number of benzene rings is 2. The molecular formula is C15H9Cl2N5O5S2. The number of halogens is 2. The maximum absolute atomic E-state index is 12.4. The number of carbonyl (C=O) groups is 1. The maximum Gasteiger partial charge on any atom is 0.291 e. The first kappa shape index (κ1) is 20.9. The highest BCUT2D eigenvalue weighted by Crippen LogP contribution is 2.26. The summed E-state index contributed by atoms with van der Waals surface area (Å²) in [6.45, 7) is 0. The first-order valence-electron chi connectivity index (χ1n) is 7.53. The van der Waals surface area contributed by atoms with E-state index in [9.17, 15) is 23.3 Å². The van der Waals surface area contributed by atoms with Crippen LogP contribution < -0.4 is 10.0 Å². The Kier molecular flexibility index (Phi) is 5.98. The standard InChI is InChI=1S/C15H9Cl2N5O5S2/c16-8-4-5-11(12(17)6-8)13(23)18-14-19-20-15(28-14)29(26,27)21-9-2-1-3-10(7-9)22(24)25/h1-7,21H,(H,18,19,23). The van der Waals surface area contributed by atoms with Crippen molar-refractivity contribution in [3.8, 4) is 0 Å². The van der Waals surface area contributed by atoms with Crippen molar-refractivity contribution in [2.75, 3.05) is 10.0 Å². The van der Waals surface area contributed by atoms with Crippen LogP contribution in [-0.2, 0) is 10.0 Å². The molecule has 1 aromatic heterocycles. The number of nitro benzene ring substituents is 1. The highest BCUT2D eigenvalue weighted by molar-refractivity contribution is 7.94. The SMILES string of the molecule is O=C(Nc1nnc(S(=O)(=O)Nc2cccc([N+](=O)[O-])c2)s1)c1ccc(Cl)cc1Cl. The van der Waals surface area contributed by atoms with Crippen molar-refractivity contribution in [2.24, 2.45) is 0 Å². The number of hydrogen-bond donors (Lipinski definition) is 2. The number of anilines is 2. The number of sulfonamides is 1. The van der Waals surface area contributed by atoms with E-state index in [4.69, 9.17) is 23.2 Å². The number of rotatable bonds is 6. The average molecular weight is 474 g/mol. The van der Waals surface area contributed by atoms with E-state index in [0.29, 0.717) is 16.4 Å². The molecule has 3 aromatic rings. The number of hydrogen-bond acceptors (Lipinski definition) is 8. The molecule has 150 valence electrons. The summed E-state index contributed by atoms with van der Waals surface area (Å²) in [5.74, 6) is -0.626. The lowest BCUT2D eigenvalue weighted by atomic mass is 10.2. The van der Waals surface area contributed by atoms with E-state index in [1.807, 2.05) is 0 Å². The van der Waals surface area contributed by atoms with Crippen LogP contribution in [-0.4, -0.2) is 29.4 Å². The van der Waals surface area contributed by atoms with Gasteiger partial charge in [-0.3, -0.25) is 24.9 Å². The summed E-state index contributed by atoms with van der Waals surface area (Å²) < 4.78 is 26.6. The second-order valence-electron chi connectivity index (χ2n) is 5.36. The zero-order valence-corrected chi connectivity index (χ0v) is 17.1. The van der Waals surface area contributed by atoms with Crippen molar-refractivity contribution >= 4 is 67.0 Å². The lowest BCUT2D eigenvalue weighted by molar-refractivity contribution is -0.384. The molecule has 0 fully saturated rings. The summed E-state index contributed by atoms with van der Waals surface area (Å²) in [5.41, 5.74) is -0.186. The Hall–Kier alpha value is -2.80. The topological polar surface area (TPSA) is 144 Å². The number of carbonyl (C=O) groups excluding carboxylic acids is 1. The molecule has 0 saturated carbocycles. The van der Waals surface area contributed by atoms with Crippen LogP contribution in [0.1, 0.15) is 10.4 Å². The summed E-state index contributed by atoms with van der Waals surface area (Å²) in [5, 5.41) is 20.7. The third-order valence-electron chi connectivity index (χ3n) is 3.34. The van der Waals surface area contributed by atoms with Gasteiger partial charge in [0.25, 0.3) is 26.0 Å². The minimum atomic E-state index is -4.17. The van der Waals surface area contributed by atoms with Crippen molar-refractivity contribution in [3.05, 3.63) is 68.2 Å². The smallest absolute Gasteiger partial charge is 0.291 e. The quantitative estimate of drug-likeness (QED) is 0.314. The molecule has 1 amide bonds. The van der Waals surface area contributed by atoms with Gasteiger partial charge in [-0.05, 0) is 24.3 Å². The first-order chi connectivity index (χ1) is 13.7. The van der Waals surface area contributed by atoms with Crippen LogP contribution in [0.2, 0.25) is 10.0 Å². The third kappa shape index (κ3) is 4.98. The summed E-state index contributed by atoms with van der Waals surface area (Å²) in [6.07, 6.45) is 0. The fraction of sp³-hybridized carbons (Fsp3) is 0. The Morgan fingerprint density at radius 3 is 2.59 bits per heavy atom. The molecule has 3 rings (SSSR count). The van der Waals surface area contributed by atoms with Crippen LogP contribution in [0.5, 0.6) is 0 Å². The summed E-state index contributed by atoms with van der Waals surface area (Å²) in [6, 6.07) is 9.22. The van der Waals surface area contributed by atoms with Gasteiger partial charge in [-0.15, -0.1) is 10.2 Å². The van der Waals surface area contributed by atoms with Gasteiger partial charge in [0.15, 0.2) is 0 Å². The molecule has 0 spiro atoms. The van der Waals surface area contributed by atoms with Crippen LogP contribution >= 0.6 is 34.5 Å². The van der Waals surface area contributed by atoms with Gasteiger partial charge in [0.05, 0.1) is 21.2 Å². The molecular weight excluding hydrogens is 465 g/mol. The first-order valence-corrected chi connectivity index (χ1v) is 10.6. The van der Waals surface area contributed by atoms with E-state index in [1.165, 1.54) is 36.4 Å². The van der Waals surface area contributed by atoms with E-state index in [1.54, 1.807) is 0 Å². The van der Waals surface area contributed by atoms with Crippen molar-refractivity contribution in [1.82, 2.24) is 10.2 Å². The number of non-ortho nitro benzene ring substituents is 1. The molecule has 0 radical (unpaired) electrons. The second-order valence-corrected chi connectivity index (χ2v) is 9.04. The Morgan fingerprint density at radius 1 is 1.14 bits per heavy atom. The zero-order valence-electron chi connectivity index (χ0n) is 14.0. The van der Waals surface area contributed by atoms with E-state index in [0.717, 1.165) is 6.07 Å². The average Bonchev–Trinajstić information content (AvgIpc) is 3.11. The highest BCUT2D eigenvalue weighted by atomic mass is 35.5. The molecule has 29 heavy (non-hydrogen) atoms. The second kappa shape index (κ2) is 8.29. The van der Waals surface area contributed by atoms with Gasteiger partial charge in [0.1, 0.15) is 0 Å². The van der Waals surface area contributed by atoms with Crippen LogP contribution in [0.4, 0.5) is 16.5 Å². The molecule has 1 heterocycles. The minimum absolute atomic E-state index is 0.0204. The van der Waals surface area contributed by atoms with Crippen molar-refractivity contribution < 1.29 is 18.1 Å². The number of nitro groups is 1. The maximum atomic E-state index is 12.4. The molecule has 14 heteroatoms. The van der Waals surface area contributed by atoms with Gasteiger partial charge in [0.2, 0.25) is 5.13 Å². The van der Waals surface area contributed by atoms with Gasteiger partial charge in [-0.2, -0.15) is 8.42 Å². The third-order valence-corrected chi connectivity index (χ3v) is 6.48. The van der Waals surface area contributed by atoms with Crippen molar-refractivity contribution in [3.63, 3.8) is 0 Å². The van der Waals surface area contributed by atoms with Crippen LogP contribution in [0, 0.1) is 10.1 Å². The summed E-state index contributed by atoms with van der Waals surface area (Å²) in [7, 11) is -4.17. The molecule has 2 N–H and O–H groups in total. The summed E-state index contributed by atoms with van der Waals surface area (Å²) >= 11 is 12.3. The Bertz CT molecular complexity index is 1220. The number of aromatic nitrogens is 2. The Labute approximate surface area is 177 Å². The molecule has 2 aromatic carbocycles. The van der Waals surface area contributed by atoms with Gasteiger partial charge < -0.3 is 0 Å². The van der Waals surface area contributed by atoms with E-state index in [2.05, 4.69) is 20.2 Å².